The molecule has 0 spiro atoms. The first kappa shape index (κ1) is 16.0. The molecule has 0 radical (unpaired) electrons. The van der Waals surface area contributed by atoms with Gasteiger partial charge in [0, 0.05) is 12.0 Å². The van der Waals surface area contributed by atoms with Crippen molar-refractivity contribution in [3.63, 3.8) is 0 Å². The molecule has 1 aromatic rings. The number of hydrogen-bond donors (Lipinski definition) is 2. The van der Waals surface area contributed by atoms with Crippen molar-refractivity contribution >= 4 is 23.2 Å². The molecule has 0 aliphatic rings. The normalized spacial score (nSPS) is 13.9. The molecule has 106 valence electrons. The number of halogens is 1. The monoisotopic (exact) mass is 282 g/mol. The smallest absolute Gasteiger partial charge is 0.227 e. The van der Waals surface area contributed by atoms with Gasteiger partial charge in [-0.2, -0.15) is 0 Å². The Labute approximate surface area is 120 Å². The van der Waals surface area contributed by atoms with Crippen molar-refractivity contribution in [1.29, 1.82) is 0 Å². The molecule has 0 saturated carbocycles. The van der Waals surface area contributed by atoms with E-state index in [0.717, 1.165) is 24.8 Å². The summed E-state index contributed by atoms with van der Waals surface area (Å²) in [5, 5.41) is 3.46. The second kappa shape index (κ2) is 7.51. The summed E-state index contributed by atoms with van der Waals surface area (Å²) in [5.74, 6) is -0.0208. The Hall–Kier alpha value is -1.06. The van der Waals surface area contributed by atoms with Crippen LogP contribution in [0.1, 0.15) is 38.7 Å². The number of benzene rings is 1. The highest BCUT2D eigenvalue weighted by molar-refractivity contribution is 6.33. The molecular formula is C15H23ClN2O. The molecule has 0 fully saturated rings. The van der Waals surface area contributed by atoms with E-state index < -0.39 is 0 Å². The van der Waals surface area contributed by atoms with Gasteiger partial charge in [-0.3, -0.25) is 4.79 Å². The number of carbonyl (C=O) groups is 1. The summed E-state index contributed by atoms with van der Waals surface area (Å²) in [5.41, 5.74) is 7.46. The molecule has 0 aromatic heterocycles. The molecule has 0 bridgehead atoms. The number of carbonyl (C=O) groups excluding carboxylic acids is 1. The lowest BCUT2D eigenvalue weighted by atomic mass is 10.0. The minimum absolute atomic E-state index is 0.0113. The number of anilines is 1. The minimum atomic E-state index is -0.0321. The van der Waals surface area contributed by atoms with Crippen molar-refractivity contribution in [3.05, 3.63) is 28.8 Å². The maximum Gasteiger partial charge on any atom is 0.227 e. The lowest BCUT2D eigenvalue weighted by Gasteiger charge is -2.14. The Morgan fingerprint density at radius 1 is 1.37 bits per heavy atom. The summed E-state index contributed by atoms with van der Waals surface area (Å²) in [6, 6.07) is 5.80. The summed E-state index contributed by atoms with van der Waals surface area (Å²) in [4.78, 5) is 12.1. The highest BCUT2D eigenvalue weighted by Crippen LogP contribution is 2.23. The van der Waals surface area contributed by atoms with Gasteiger partial charge in [-0.05, 0) is 44.4 Å². The molecule has 0 aliphatic heterocycles. The first-order valence-electron chi connectivity index (χ1n) is 6.72. The first-order chi connectivity index (χ1) is 8.90. The summed E-state index contributed by atoms with van der Waals surface area (Å²) in [6.07, 6.45) is 2.76. The number of aryl methyl sites for hydroxylation is 1. The number of nitrogens with two attached hydrogens (primary N) is 1. The van der Waals surface area contributed by atoms with E-state index in [2.05, 4.69) is 5.32 Å². The Balaban J connectivity index is 2.51. The van der Waals surface area contributed by atoms with Crippen LogP contribution in [0.2, 0.25) is 5.02 Å². The van der Waals surface area contributed by atoms with Crippen LogP contribution in [-0.2, 0) is 4.79 Å². The van der Waals surface area contributed by atoms with Gasteiger partial charge in [0.2, 0.25) is 5.91 Å². The highest BCUT2D eigenvalue weighted by Gasteiger charge is 2.14. The summed E-state index contributed by atoms with van der Waals surface area (Å²) < 4.78 is 0. The number of amides is 1. The lowest BCUT2D eigenvalue weighted by Crippen LogP contribution is -2.21. The van der Waals surface area contributed by atoms with E-state index in [0.29, 0.717) is 10.7 Å². The number of nitrogens with one attached hydrogen (secondary N) is 1. The van der Waals surface area contributed by atoms with Gasteiger partial charge in [0.05, 0.1) is 10.7 Å². The van der Waals surface area contributed by atoms with Gasteiger partial charge in [-0.1, -0.05) is 31.0 Å². The summed E-state index contributed by atoms with van der Waals surface area (Å²) in [6.45, 7) is 5.88. The topological polar surface area (TPSA) is 55.1 Å². The van der Waals surface area contributed by atoms with Crippen molar-refractivity contribution in [2.45, 2.75) is 46.1 Å². The van der Waals surface area contributed by atoms with E-state index in [1.54, 1.807) is 6.07 Å². The lowest BCUT2D eigenvalue weighted by molar-refractivity contribution is -0.119. The van der Waals surface area contributed by atoms with E-state index in [4.69, 9.17) is 17.3 Å². The highest BCUT2D eigenvalue weighted by atomic mass is 35.5. The van der Waals surface area contributed by atoms with E-state index in [-0.39, 0.29) is 17.9 Å². The summed E-state index contributed by atoms with van der Waals surface area (Å²) >= 11 is 6.06. The third-order valence-corrected chi connectivity index (χ3v) is 3.45. The molecule has 0 saturated heterocycles. The third kappa shape index (κ3) is 5.62. The van der Waals surface area contributed by atoms with Crippen molar-refractivity contribution < 1.29 is 4.79 Å². The van der Waals surface area contributed by atoms with Gasteiger partial charge in [-0.25, -0.2) is 0 Å². The van der Waals surface area contributed by atoms with Crippen molar-refractivity contribution in [1.82, 2.24) is 0 Å². The fourth-order valence-corrected chi connectivity index (χ4v) is 2.03. The zero-order valence-electron chi connectivity index (χ0n) is 11.9. The second-order valence-electron chi connectivity index (χ2n) is 5.28. The van der Waals surface area contributed by atoms with Crippen LogP contribution >= 0.6 is 11.6 Å². The molecule has 19 heavy (non-hydrogen) atoms. The van der Waals surface area contributed by atoms with E-state index >= 15 is 0 Å². The van der Waals surface area contributed by atoms with Gasteiger partial charge in [0.15, 0.2) is 0 Å². The average molecular weight is 283 g/mol. The van der Waals surface area contributed by atoms with Crippen LogP contribution in [0.3, 0.4) is 0 Å². The molecule has 3 nitrogen and oxygen atoms in total. The standard InChI is InChI=1S/C15H23ClN2O/c1-10-7-8-13(16)14(9-10)18-15(19)11(2)5-4-6-12(3)17/h7-9,11-12H,4-6,17H2,1-3H3,(H,18,19). The van der Waals surface area contributed by atoms with Gasteiger partial charge in [0.25, 0.3) is 0 Å². The quantitative estimate of drug-likeness (QED) is 0.835. The molecule has 1 rings (SSSR count). The SMILES string of the molecule is Cc1ccc(Cl)c(NC(=O)C(C)CCCC(C)N)c1. The van der Waals surface area contributed by atoms with Gasteiger partial charge in [0.1, 0.15) is 0 Å². The van der Waals surface area contributed by atoms with Crippen molar-refractivity contribution in [3.8, 4) is 0 Å². The van der Waals surface area contributed by atoms with Crippen LogP contribution in [0.25, 0.3) is 0 Å². The molecule has 2 atom stereocenters. The first-order valence-corrected chi connectivity index (χ1v) is 7.10. The number of hydrogen-bond acceptors (Lipinski definition) is 2. The van der Waals surface area contributed by atoms with Crippen LogP contribution < -0.4 is 11.1 Å². The van der Waals surface area contributed by atoms with Crippen LogP contribution in [0.15, 0.2) is 18.2 Å². The molecular weight excluding hydrogens is 260 g/mol. The molecule has 1 amide bonds. The zero-order valence-corrected chi connectivity index (χ0v) is 12.6. The predicted octanol–water partition coefficient (Wildman–Crippen LogP) is 3.74. The average Bonchev–Trinajstić information content (AvgIpc) is 2.33. The molecule has 0 aliphatic carbocycles. The van der Waals surface area contributed by atoms with Crippen molar-refractivity contribution in [2.75, 3.05) is 5.32 Å². The van der Waals surface area contributed by atoms with Crippen LogP contribution in [-0.4, -0.2) is 11.9 Å². The second-order valence-corrected chi connectivity index (χ2v) is 5.69. The summed E-state index contributed by atoms with van der Waals surface area (Å²) in [7, 11) is 0. The molecule has 0 heterocycles. The fraction of sp³-hybridized carbons (Fsp3) is 0.533. The largest absolute Gasteiger partial charge is 0.328 e. The van der Waals surface area contributed by atoms with Gasteiger partial charge >= 0.3 is 0 Å². The maximum absolute atomic E-state index is 12.1. The Bertz CT molecular complexity index is 432. The van der Waals surface area contributed by atoms with Gasteiger partial charge < -0.3 is 11.1 Å². The third-order valence-electron chi connectivity index (χ3n) is 3.12. The number of rotatable bonds is 6. The molecule has 2 unspecified atom stereocenters. The van der Waals surface area contributed by atoms with E-state index in [1.807, 2.05) is 32.9 Å². The fourth-order valence-electron chi connectivity index (χ4n) is 1.87. The van der Waals surface area contributed by atoms with Crippen LogP contribution in [0.4, 0.5) is 5.69 Å². The van der Waals surface area contributed by atoms with Crippen molar-refractivity contribution in [2.24, 2.45) is 11.7 Å². The molecule has 4 heteroatoms. The molecule has 1 aromatic carbocycles. The van der Waals surface area contributed by atoms with Crippen LogP contribution in [0, 0.1) is 12.8 Å². The Morgan fingerprint density at radius 2 is 2.05 bits per heavy atom. The molecule has 3 N–H and O–H groups in total. The Kier molecular flexibility index (Phi) is 6.32. The maximum atomic E-state index is 12.1. The predicted molar refractivity (Wildman–Crippen MR) is 81.5 cm³/mol. The Morgan fingerprint density at radius 3 is 2.68 bits per heavy atom. The van der Waals surface area contributed by atoms with Gasteiger partial charge in [-0.15, -0.1) is 0 Å². The van der Waals surface area contributed by atoms with E-state index in [1.165, 1.54) is 0 Å². The van der Waals surface area contributed by atoms with Crippen LogP contribution in [0.5, 0.6) is 0 Å². The zero-order chi connectivity index (χ0) is 14.4. The van der Waals surface area contributed by atoms with E-state index in [9.17, 15) is 4.79 Å². The minimum Gasteiger partial charge on any atom is -0.328 e.